The van der Waals surface area contributed by atoms with Gasteiger partial charge in [-0.25, -0.2) is 0 Å². The number of rotatable bonds is 5. The molecule has 2 fully saturated rings. The summed E-state index contributed by atoms with van der Waals surface area (Å²) in [5, 5.41) is 0.711. The predicted octanol–water partition coefficient (Wildman–Crippen LogP) is 1.68. The third kappa shape index (κ3) is 4.08. The lowest BCUT2D eigenvalue weighted by Crippen LogP contribution is -2.62. The first-order valence-electron chi connectivity index (χ1n) is 8.58. The highest BCUT2D eigenvalue weighted by molar-refractivity contribution is 6.30. The van der Waals surface area contributed by atoms with E-state index in [9.17, 15) is 9.59 Å². The molecule has 2 amide bonds. The molecule has 0 aromatic heterocycles. The van der Waals surface area contributed by atoms with Gasteiger partial charge in [-0.05, 0) is 50.0 Å². The monoisotopic (exact) mass is 349 g/mol. The Labute approximate surface area is 147 Å². The predicted molar refractivity (Wildman–Crippen MR) is 93.6 cm³/mol. The molecule has 1 aromatic rings. The third-order valence-corrected chi connectivity index (χ3v) is 5.41. The lowest BCUT2D eigenvalue weighted by molar-refractivity contribution is -0.139. The van der Waals surface area contributed by atoms with Gasteiger partial charge in [-0.15, -0.1) is 0 Å². The number of likely N-dealkylation sites (tertiary alicyclic amines) is 2. The molecule has 6 heteroatoms. The van der Waals surface area contributed by atoms with Crippen molar-refractivity contribution >= 4 is 23.4 Å². The number of amides is 2. The average Bonchev–Trinajstić information content (AvgIpc) is 2.52. The number of benzene rings is 1. The van der Waals surface area contributed by atoms with Crippen LogP contribution in [0.25, 0.3) is 0 Å². The molecule has 130 valence electrons. The summed E-state index contributed by atoms with van der Waals surface area (Å²) in [5.41, 5.74) is 6.47. The second-order valence-corrected chi connectivity index (χ2v) is 7.23. The fourth-order valence-electron chi connectivity index (χ4n) is 3.54. The highest BCUT2D eigenvalue weighted by Crippen LogP contribution is 2.24. The van der Waals surface area contributed by atoms with Crippen LogP contribution in [-0.4, -0.2) is 53.8 Å². The average molecular weight is 350 g/mol. The van der Waals surface area contributed by atoms with E-state index in [1.807, 2.05) is 29.2 Å². The Morgan fingerprint density at radius 1 is 1.21 bits per heavy atom. The van der Waals surface area contributed by atoms with Crippen molar-refractivity contribution in [1.82, 2.24) is 9.80 Å². The number of hydrogen-bond donors (Lipinski definition) is 1. The maximum Gasteiger partial charge on any atom is 0.223 e. The minimum Gasteiger partial charge on any atom is -0.369 e. The molecule has 2 N–H and O–H groups in total. The van der Waals surface area contributed by atoms with Crippen molar-refractivity contribution in [1.29, 1.82) is 0 Å². The summed E-state index contributed by atoms with van der Waals surface area (Å²) in [6.07, 6.45) is 2.93. The Morgan fingerprint density at radius 2 is 1.92 bits per heavy atom. The van der Waals surface area contributed by atoms with E-state index in [0.717, 1.165) is 51.0 Å². The summed E-state index contributed by atoms with van der Waals surface area (Å²) in [6, 6.07) is 8.11. The second kappa shape index (κ2) is 7.53. The van der Waals surface area contributed by atoms with Gasteiger partial charge in [0.15, 0.2) is 0 Å². The van der Waals surface area contributed by atoms with Gasteiger partial charge in [-0.1, -0.05) is 23.7 Å². The van der Waals surface area contributed by atoms with Crippen LogP contribution in [0, 0.1) is 5.92 Å². The summed E-state index contributed by atoms with van der Waals surface area (Å²) in [5.74, 6) is 0.0519. The molecular weight excluding hydrogens is 326 g/mol. The third-order valence-electron chi connectivity index (χ3n) is 5.18. The fourth-order valence-corrected chi connectivity index (χ4v) is 3.75. The Kier molecular flexibility index (Phi) is 5.41. The zero-order chi connectivity index (χ0) is 17.1. The van der Waals surface area contributed by atoms with Gasteiger partial charge >= 0.3 is 0 Å². The molecule has 2 aliphatic rings. The van der Waals surface area contributed by atoms with E-state index in [1.165, 1.54) is 0 Å². The van der Waals surface area contributed by atoms with Crippen LogP contribution in [0.4, 0.5) is 0 Å². The minimum absolute atomic E-state index is 0.0248. The lowest BCUT2D eigenvalue weighted by Gasteiger charge is -2.47. The van der Waals surface area contributed by atoms with Crippen LogP contribution in [0.1, 0.15) is 24.8 Å². The fraction of sp³-hybridized carbons (Fsp3) is 0.556. The normalized spacial score (nSPS) is 20.0. The highest BCUT2D eigenvalue weighted by Gasteiger charge is 2.36. The van der Waals surface area contributed by atoms with Gasteiger partial charge in [0.1, 0.15) is 0 Å². The molecule has 2 aliphatic heterocycles. The molecule has 3 rings (SSSR count). The van der Waals surface area contributed by atoms with E-state index < -0.39 is 0 Å². The number of carbonyl (C=O) groups excluding carboxylic acids is 2. The highest BCUT2D eigenvalue weighted by atomic mass is 35.5. The zero-order valence-corrected chi connectivity index (χ0v) is 14.5. The molecule has 0 saturated carbocycles. The molecule has 24 heavy (non-hydrogen) atoms. The first kappa shape index (κ1) is 17.2. The zero-order valence-electron chi connectivity index (χ0n) is 13.8. The molecule has 0 radical (unpaired) electrons. The van der Waals surface area contributed by atoms with Crippen molar-refractivity contribution in [3.8, 4) is 0 Å². The quantitative estimate of drug-likeness (QED) is 0.879. The van der Waals surface area contributed by atoms with Crippen LogP contribution in [0.3, 0.4) is 0 Å². The van der Waals surface area contributed by atoms with Crippen LogP contribution in [0.2, 0.25) is 5.02 Å². The molecule has 0 bridgehead atoms. The molecule has 0 spiro atoms. The lowest BCUT2D eigenvalue weighted by atomic mass is 9.93. The number of aryl methyl sites for hydroxylation is 1. The van der Waals surface area contributed by atoms with Gasteiger partial charge in [0.05, 0.1) is 0 Å². The number of nitrogens with two attached hydrogens (primary N) is 1. The van der Waals surface area contributed by atoms with Gasteiger partial charge < -0.3 is 10.6 Å². The maximum absolute atomic E-state index is 12.3. The first-order valence-corrected chi connectivity index (χ1v) is 8.96. The number of nitrogens with zero attached hydrogens (tertiary/aromatic N) is 2. The first-order chi connectivity index (χ1) is 11.5. The number of hydrogen-bond acceptors (Lipinski definition) is 3. The summed E-state index contributed by atoms with van der Waals surface area (Å²) in [6.45, 7) is 3.41. The molecule has 0 unspecified atom stereocenters. The van der Waals surface area contributed by atoms with Crippen molar-refractivity contribution in [2.45, 2.75) is 31.7 Å². The van der Waals surface area contributed by atoms with Crippen LogP contribution in [0.5, 0.6) is 0 Å². The smallest absolute Gasteiger partial charge is 0.223 e. The largest absolute Gasteiger partial charge is 0.369 e. The van der Waals surface area contributed by atoms with Gasteiger partial charge in [-0.2, -0.15) is 0 Å². The number of piperidine rings is 1. The standard InChI is InChI=1S/C18H24ClN3O2/c19-15-3-1-2-13(10-15)4-5-17(23)22-11-16(12-22)21-8-6-14(7-9-21)18(20)24/h1-3,10,14,16H,4-9,11-12H2,(H2,20,24). The summed E-state index contributed by atoms with van der Waals surface area (Å²) in [4.78, 5) is 27.8. The molecule has 0 aliphatic carbocycles. The Hall–Kier alpha value is -1.59. The van der Waals surface area contributed by atoms with Crippen molar-refractivity contribution in [2.24, 2.45) is 11.7 Å². The molecular formula is C18H24ClN3O2. The van der Waals surface area contributed by atoms with Crippen LogP contribution >= 0.6 is 11.6 Å². The van der Waals surface area contributed by atoms with Crippen LogP contribution in [0.15, 0.2) is 24.3 Å². The van der Waals surface area contributed by atoms with Gasteiger partial charge in [0.2, 0.25) is 11.8 Å². The molecule has 0 atom stereocenters. The Bertz CT molecular complexity index is 608. The second-order valence-electron chi connectivity index (χ2n) is 6.80. The number of primary amides is 1. The van der Waals surface area contributed by atoms with E-state index in [1.54, 1.807) is 0 Å². The topological polar surface area (TPSA) is 66.6 Å². The summed E-state index contributed by atoms with van der Waals surface area (Å²) < 4.78 is 0. The number of halogens is 1. The molecule has 2 heterocycles. The SMILES string of the molecule is NC(=O)C1CCN(C2CN(C(=O)CCc3cccc(Cl)c3)C2)CC1. The molecule has 2 saturated heterocycles. The maximum atomic E-state index is 12.3. The minimum atomic E-state index is -0.180. The van der Waals surface area contributed by atoms with Crippen LogP contribution in [-0.2, 0) is 16.0 Å². The number of carbonyl (C=O) groups is 2. The van der Waals surface area contributed by atoms with Crippen molar-refractivity contribution in [3.05, 3.63) is 34.9 Å². The molecule has 5 nitrogen and oxygen atoms in total. The van der Waals surface area contributed by atoms with Crippen molar-refractivity contribution in [2.75, 3.05) is 26.2 Å². The van der Waals surface area contributed by atoms with E-state index in [0.29, 0.717) is 17.5 Å². The van der Waals surface area contributed by atoms with E-state index >= 15 is 0 Å². The van der Waals surface area contributed by atoms with Gasteiger partial charge in [-0.3, -0.25) is 14.5 Å². The van der Waals surface area contributed by atoms with E-state index in [4.69, 9.17) is 17.3 Å². The van der Waals surface area contributed by atoms with E-state index in [2.05, 4.69) is 4.90 Å². The van der Waals surface area contributed by atoms with Crippen molar-refractivity contribution in [3.63, 3.8) is 0 Å². The summed E-state index contributed by atoms with van der Waals surface area (Å²) >= 11 is 5.97. The molecule has 1 aromatic carbocycles. The Balaban J connectivity index is 1.39. The van der Waals surface area contributed by atoms with Crippen LogP contribution < -0.4 is 5.73 Å². The van der Waals surface area contributed by atoms with Crippen molar-refractivity contribution < 1.29 is 9.59 Å². The van der Waals surface area contributed by atoms with Gasteiger partial charge in [0, 0.05) is 36.5 Å². The van der Waals surface area contributed by atoms with E-state index in [-0.39, 0.29) is 17.7 Å². The Morgan fingerprint density at radius 3 is 2.54 bits per heavy atom. The summed E-state index contributed by atoms with van der Waals surface area (Å²) in [7, 11) is 0. The van der Waals surface area contributed by atoms with Gasteiger partial charge in [0.25, 0.3) is 0 Å².